The third-order valence-electron chi connectivity index (χ3n) is 4.57. The molecule has 2 aromatic carbocycles. The van der Waals surface area contributed by atoms with E-state index < -0.39 is 0 Å². The highest BCUT2D eigenvalue weighted by atomic mass is 32.2. The molecule has 2 aromatic rings. The molecule has 0 spiro atoms. The lowest BCUT2D eigenvalue weighted by Crippen LogP contribution is -2.16. The molecule has 0 N–H and O–H groups in total. The van der Waals surface area contributed by atoms with Gasteiger partial charge in [-0.3, -0.25) is 0 Å². The molecule has 0 aliphatic carbocycles. The summed E-state index contributed by atoms with van der Waals surface area (Å²) in [5, 5.41) is 4.15. The fourth-order valence-electron chi connectivity index (χ4n) is 2.79. The van der Waals surface area contributed by atoms with E-state index in [2.05, 4.69) is 29.9 Å². The number of methoxy groups -OCH3 is 1. The van der Waals surface area contributed by atoms with Gasteiger partial charge < -0.3 is 19.2 Å². The first-order chi connectivity index (χ1) is 13.7. The molecule has 0 aromatic heterocycles. The highest BCUT2D eigenvalue weighted by Gasteiger charge is 2.11. The second-order valence-electron chi connectivity index (χ2n) is 6.52. The average Bonchev–Trinajstić information content (AvgIpc) is 2.74. The Kier molecular flexibility index (Phi) is 7.39. The lowest BCUT2D eigenvalue weighted by atomic mass is 10.0. The van der Waals surface area contributed by atoms with Crippen molar-refractivity contribution in [1.29, 1.82) is 0 Å². The minimum atomic E-state index is 0.442. The zero-order valence-electron chi connectivity index (χ0n) is 16.3. The molecular weight excluding hydrogens is 372 g/mol. The zero-order valence-corrected chi connectivity index (χ0v) is 17.2. The molecule has 5 nitrogen and oxygen atoms in total. The number of rotatable bonds is 8. The molecule has 148 valence electrons. The molecule has 28 heavy (non-hydrogen) atoms. The Balaban J connectivity index is 1.58. The molecule has 1 aliphatic heterocycles. The fraction of sp³-hybridized carbons (Fsp3) is 0.318. The van der Waals surface area contributed by atoms with Crippen molar-refractivity contribution in [2.24, 2.45) is 11.1 Å². The summed E-state index contributed by atoms with van der Waals surface area (Å²) < 4.78 is 10.5. The Morgan fingerprint density at radius 2 is 1.93 bits per heavy atom. The predicted octanol–water partition coefficient (Wildman–Crippen LogP) is 5.18. The largest absolute Gasteiger partial charge is 0.483 e. The third-order valence-corrected chi connectivity index (χ3v) is 5.57. The van der Waals surface area contributed by atoms with E-state index in [1.54, 1.807) is 18.9 Å². The first kappa shape index (κ1) is 20.3. The van der Waals surface area contributed by atoms with Gasteiger partial charge in [-0.2, -0.15) is 0 Å². The fourth-order valence-corrected chi connectivity index (χ4v) is 3.66. The van der Waals surface area contributed by atoms with Crippen molar-refractivity contribution >= 4 is 23.7 Å². The summed E-state index contributed by atoms with van der Waals surface area (Å²) in [7, 11) is 3.54. The van der Waals surface area contributed by atoms with Gasteiger partial charge in [0.2, 0.25) is 0 Å². The first-order valence-electron chi connectivity index (χ1n) is 9.28. The maximum atomic E-state index is 5.56. The minimum Gasteiger partial charge on any atom is -0.483 e. The standard InChI is InChI=1S/C22H26N2O3S/c1-17(25-3)24(2)19-7-9-21(10-8-19)28-22-6-4-5-20(15-22)27-23-16-18-11-13-26-14-12-18/h4-10,15-16,18H,1,11-14H2,2-3H3/b23-16-. The number of oxime groups is 1. The summed E-state index contributed by atoms with van der Waals surface area (Å²) in [6.07, 6.45) is 3.91. The monoisotopic (exact) mass is 398 g/mol. The Morgan fingerprint density at radius 3 is 2.64 bits per heavy atom. The Labute approximate surface area is 171 Å². The van der Waals surface area contributed by atoms with Crippen LogP contribution in [0.25, 0.3) is 0 Å². The molecule has 0 bridgehead atoms. The van der Waals surface area contributed by atoms with Crippen LogP contribution in [0.2, 0.25) is 0 Å². The van der Waals surface area contributed by atoms with Gasteiger partial charge in [0.1, 0.15) is 0 Å². The molecule has 1 heterocycles. The highest BCUT2D eigenvalue weighted by Crippen LogP contribution is 2.31. The predicted molar refractivity (Wildman–Crippen MR) is 114 cm³/mol. The van der Waals surface area contributed by atoms with Crippen LogP contribution in [0, 0.1) is 5.92 Å². The molecule has 1 fully saturated rings. The van der Waals surface area contributed by atoms with Gasteiger partial charge in [0, 0.05) is 47.9 Å². The number of nitrogens with zero attached hydrogens (tertiary/aromatic N) is 2. The van der Waals surface area contributed by atoms with E-state index in [1.807, 2.05) is 48.5 Å². The van der Waals surface area contributed by atoms with E-state index in [0.717, 1.165) is 47.3 Å². The Bertz CT molecular complexity index is 802. The van der Waals surface area contributed by atoms with Gasteiger partial charge in [-0.1, -0.05) is 23.0 Å². The van der Waals surface area contributed by atoms with Crippen LogP contribution in [0.4, 0.5) is 5.69 Å². The zero-order chi connectivity index (χ0) is 19.8. The van der Waals surface area contributed by atoms with Crippen LogP contribution < -0.4 is 9.74 Å². The van der Waals surface area contributed by atoms with Gasteiger partial charge in [-0.25, -0.2) is 0 Å². The molecule has 3 rings (SSSR count). The van der Waals surface area contributed by atoms with Crippen molar-refractivity contribution < 1.29 is 14.3 Å². The highest BCUT2D eigenvalue weighted by molar-refractivity contribution is 7.99. The third kappa shape index (κ3) is 5.78. The minimum absolute atomic E-state index is 0.442. The number of anilines is 1. The van der Waals surface area contributed by atoms with Gasteiger partial charge in [0.15, 0.2) is 11.6 Å². The molecule has 0 unspecified atom stereocenters. The topological polar surface area (TPSA) is 43.3 Å². The van der Waals surface area contributed by atoms with Crippen LogP contribution in [0.5, 0.6) is 5.75 Å². The van der Waals surface area contributed by atoms with Crippen molar-refractivity contribution in [1.82, 2.24) is 0 Å². The SMILES string of the molecule is C=C(OC)N(C)c1ccc(Sc2cccc(O/N=C\C3CCOCC3)c2)cc1. The van der Waals surface area contributed by atoms with Crippen molar-refractivity contribution in [3.05, 3.63) is 61.0 Å². The second kappa shape index (κ2) is 10.2. The van der Waals surface area contributed by atoms with Gasteiger partial charge in [-0.15, -0.1) is 0 Å². The number of benzene rings is 2. The van der Waals surface area contributed by atoms with Crippen LogP contribution >= 0.6 is 11.8 Å². The van der Waals surface area contributed by atoms with Gasteiger partial charge >= 0.3 is 0 Å². The quantitative estimate of drug-likeness (QED) is 0.348. The van der Waals surface area contributed by atoms with E-state index in [1.165, 1.54) is 0 Å². The Morgan fingerprint density at radius 1 is 1.18 bits per heavy atom. The second-order valence-corrected chi connectivity index (χ2v) is 7.67. The molecule has 0 amide bonds. The Hall–Kier alpha value is -2.44. The van der Waals surface area contributed by atoms with E-state index in [4.69, 9.17) is 14.3 Å². The normalized spacial score (nSPS) is 14.8. The van der Waals surface area contributed by atoms with Crippen molar-refractivity contribution in [2.45, 2.75) is 22.6 Å². The van der Waals surface area contributed by atoms with Crippen molar-refractivity contribution in [2.75, 3.05) is 32.3 Å². The maximum Gasteiger partial charge on any atom is 0.185 e. The van der Waals surface area contributed by atoms with Gasteiger partial charge in [0.05, 0.1) is 7.11 Å². The molecule has 0 radical (unpaired) electrons. The molecule has 0 saturated carbocycles. The van der Waals surface area contributed by atoms with Crippen molar-refractivity contribution in [3.63, 3.8) is 0 Å². The lowest BCUT2D eigenvalue weighted by Gasteiger charge is -2.20. The number of hydrogen-bond acceptors (Lipinski definition) is 6. The molecule has 0 atom stereocenters. The van der Waals surface area contributed by atoms with Crippen LogP contribution in [0.1, 0.15) is 12.8 Å². The first-order valence-corrected chi connectivity index (χ1v) is 10.1. The van der Waals surface area contributed by atoms with Gasteiger partial charge in [-0.05, 0) is 61.9 Å². The molecule has 1 aliphatic rings. The van der Waals surface area contributed by atoms with Crippen LogP contribution in [0.3, 0.4) is 0 Å². The summed E-state index contributed by atoms with van der Waals surface area (Å²) in [6, 6.07) is 16.2. The van der Waals surface area contributed by atoms with Crippen molar-refractivity contribution in [3.8, 4) is 5.75 Å². The van der Waals surface area contributed by atoms with E-state index in [0.29, 0.717) is 11.8 Å². The van der Waals surface area contributed by atoms with Crippen LogP contribution in [-0.2, 0) is 9.47 Å². The number of hydrogen-bond donors (Lipinski definition) is 0. The van der Waals surface area contributed by atoms with E-state index in [-0.39, 0.29) is 0 Å². The molecule has 1 saturated heterocycles. The molecular formula is C22H26N2O3S. The summed E-state index contributed by atoms with van der Waals surface area (Å²) in [6.45, 7) is 5.48. The maximum absolute atomic E-state index is 5.56. The molecule has 6 heteroatoms. The van der Waals surface area contributed by atoms with Crippen LogP contribution in [-0.4, -0.2) is 33.6 Å². The average molecular weight is 399 g/mol. The smallest absolute Gasteiger partial charge is 0.185 e. The summed E-state index contributed by atoms with van der Waals surface area (Å²) in [4.78, 5) is 9.70. The summed E-state index contributed by atoms with van der Waals surface area (Å²) in [5.74, 6) is 1.78. The summed E-state index contributed by atoms with van der Waals surface area (Å²) >= 11 is 1.68. The number of ether oxygens (including phenoxy) is 2. The van der Waals surface area contributed by atoms with E-state index in [9.17, 15) is 0 Å². The van der Waals surface area contributed by atoms with Gasteiger partial charge in [0.25, 0.3) is 0 Å². The van der Waals surface area contributed by atoms with E-state index >= 15 is 0 Å². The van der Waals surface area contributed by atoms with Crippen LogP contribution in [0.15, 0.2) is 75.9 Å². The summed E-state index contributed by atoms with van der Waals surface area (Å²) in [5.41, 5.74) is 1.02. The lowest BCUT2D eigenvalue weighted by molar-refractivity contribution is 0.0833.